The second-order valence-electron chi connectivity index (χ2n) is 3.96. The van der Waals surface area contributed by atoms with Gasteiger partial charge in [-0.2, -0.15) is 0 Å². The van der Waals surface area contributed by atoms with E-state index < -0.39 is 5.91 Å². The predicted molar refractivity (Wildman–Crippen MR) is 68.2 cm³/mol. The third kappa shape index (κ3) is 2.38. The molecule has 0 aromatic heterocycles. The number of benzene rings is 2. The summed E-state index contributed by atoms with van der Waals surface area (Å²) in [4.78, 5) is 10.9. The fraction of sp³-hybridized carbons (Fsp3) is 0.0714. The summed E-state index contributed by atoms with van der Waals surface area (Å²) in [6.45, 7) is 0.354. The molecule has 0 heterocycles. The van der Waals surface area contributed by atoms with Crippen molar-refractivity contribution in [2.24, 2.45) is 11.5 Å². The number of nitrogens with two attached hydrogens (primary N) is 2. The summed E-state index contributed by atoms with van der Waals surface area (Å²) < 4.78 is 13.7. The molecular formula is C14H13FN2O. The Morgan fingerprint density at radius 2 is 1.78 bits per heavy atom. The van der Waals surface area contributed by atoms with Gasteiger partial charge in [0.05, 0.1) is 0 Å². The molecule has 2 aromatic rings. The van der Waals surface area contributed by atoms with Gasteiger partial charge >= 0.3 is 0 Å². The Hall–Kier alpha value is -2.20. The van der Waals surface area contributed by atoms with Crippen LogP contribution < -0.4 is 11.5 Å². The molecule has 0 unspecified atom stereocenters. The first-order valence-electron chi connectivity index (χ1n) is 5.50. The van der Waals surface area contributed by atoms with Gasteiger partial charge in [0.25, 0.3) is 0 Å². The summed E-state index contributed by atoms with van der Waals surface area (Å²) in [6.07, 6.45) is 0. The molecule has 18 heavy (non-hydrogen) atoms. The fourth-order valence-corrected chi connectivity index (χ4v) is 1.73. The van der Waals surface area contributed by atoms with Crippen LogP contribution in [0.25, 0.3) is 11.1 Å². The second-order valence-corrected chi connectivity index (χ2v) is 3.96. The summed E-state index contributed by atoms with van der Waals surface area (Å²) in [6, 6.07) is 11.2. The molecule has 0 aliphatic rings. The largest absolute Gasteiger partial charge is 0.366 e. The number of carbonyl (C=O) groups is 1. The lowest BCUT2D eigenvalue weighted by molar-refractivity contribution is 0.100. The minimum Gasteiger partial charge on any atom is -0.366 e. The Balaban J connectivity index is 2.44. The summed E-state index contributed by atoms with van der Waals surface area (Å²) >= 11 is 0. The number of amides is 1. The molecule has 0 bridgehead atoms. The Labute approximate surface area is 104 Å². The normalized spacial score (nSPS) is 10.3. The van der Waals surface area contributed by atoms with E-state index >= 15 is 0 Å². The fourth-order valence-electron chi connectivity index (χ4n) is 1.73. The third-order valence-electron chi connectivity index (χ3n) is 2.75. The minimum atomic E-state index is -0.502. The van der Waals surface area contributed by atoms with Crippen LogP contribution in [-0.2, 0) is 6.54 Å². The molecule has 2 rings (SSSR count). The van der Waals surface area contributed by atoms with Crippen molar-refractivity contribution >= 4 is 5.91 Å². The van der Waals surface area contributed by atoms with Crippen molar-refractivity contribution in [1.29, 1.82) is 0 Å². The van der Waals surface area contributed by atoms with Gasteiger partial charge in [0.15, 0.2) is 0 Å². The van der Waals surface area contributed by atoms with Gasteiger partial charge in [-0.25, -0.2) is 4.39 Å². The number of primary amides is 1. The first-order chi connectivity index (χ1) is 8.61. The lowest BCUT2D eigenvalue weighted by Crippen LogP contribution is -2.10. The van der Waals surface area contributed by atoms with E-state index in [4.69, 9.17) is 11.5 Å². The van der Waals surface area contributed by atoms with Crippen molar-refractivity contribution in [2.45, 2.75) is 6.54 Å². The molecule has 92 valence electrons. The minimum absolute atomic E-state index is 0.320. The van der Waals surface area contributed by atoms with E-state index in [0.717, 1.165) is 5.56 Å². The van der Waals surface area contributed by atoms with Gasteiger partial charge in [0.1, 0.15) is 5.82 Å². The van der Waals surface area contributed by atoms with Crippen molar-refractivity contribution in [3.63, 3.8) is 0 Å². The SMILES string of the molecule is NCc1ccc(F)c(-c2ccc(C(N)=O)cc2)c1. The first-order valence-corrected chi connectivity index (χ1v) is 5.50. The molecule has 4 N–H and O–H groups in total. The van der Waals surface area contributed by atoms with Crippen molar-refractivity contribution < 1.29 is 9.18 Å². The van der Waals surface area contributed by atoms with Crippen LogP contribution in [0.4, 0.5) is 4.39 Å². The van der Waals surface area contributed by atoms with Gasteiger partial charge in [-0.15, -0.1) is 0 Å². The summed E-state index contributed by atoms with van der Waals surface area (Å²) in [5.41, 5.74) is 13.1. The quantitative estimate of drug-likeness (QED) is 0.867. The molecule has 0 fully saturated rings. The Morgan fingerprint density at radius 3 is 2.33 bits per heavy atom. The molecule has 3 nitrogen and oxygen atoms in total. The maximum atomic E-state index is 13.7. The number of rotatable bonds is 3. The molecule has 0 aliphatic heterocycles. The topological polar surface area (TPSA) is 69.1 Å². The Kier molecular flexibility index (Phi) is 3.39. The van der Waals surface area contributed by atoms with E-state index in [2.05, 4.69) is 0 Å². The summed E-state index contributed by atoms with van der Waals surface area (Å²) in [5, 5.41) is 0. The molecule has 4 heteroatoms. The Morgan fingerprint density at radius 1 is 1.11 bits per heavy atom. The molecule has 0 atom stereocenters. The average Bonchev–Trinajstić information content (AvgIpc) is 2.39. The van der Waals surface area contributed by atoms with E-state index in [1.54, 1.807) is 36.4 Å². The number of halogens is 1. The maximum Gasteiger partial charge on any atom is 0.248 e. The van der Waals surface area contributed by atoms with Crippen LogP contribution >= 0.6 is 0 Å². The predicted octanol–water partition coefficient (Wildman–Crippen LogP) is 2.05. The zero-order valence-electron chi connectivity index (χ0n) is 9.69. The van der Waals surface area contributed by atoms with Gasteiger partial charge in [0, 0.05) is 17.7 Å². The van der Waals surface area contributed by atoms with Crippen molar-refractivity contribution in [2.75, 3.05) is 0 Å². The molecule has 2 aromatic carbocycles. The second kappa shape index (κ2) is 4.98. The van der Waals surface area contributed by atoms with Gasteiger partial charge in [-0.1, -0.05) is 18.2 Å². The van der Waals surface area contributed by atoms with E-state index in [-0.39, 0.29) is 5.82 Å². The highest BCUT2D eigenvalue weighted by Gasteiger charge is 2.07. The highest BCUT2D eigenvalue weighted by molar-refractivity contribution is 5.93. The standard InChI is InChI=1S/C14H13FN2O/c15-13-6-1-9(8-16)7-12(13)10-2-4-11(5-3-10)14(17)18/h1-7H,8,16H2,(H2,17,18). The average molecular weight is 244 g/mol. The van der Waals surface area contributed by atoms with Crippen LogP contribution in [0.15, 0.2) is 42.5 Å². The van der Waals surface area contributed by atoms with E-state index in [0.29, 0.717) is 23.2 Å². The van der Waals surface area contributed by atoms with Gasteiger partial charge in [0.2, 0.25) is 5.91 Å². The van der Waals surface area contributed by atoms with E-state index in [1.807, 2.05) is 0 Å². The lowest BCUT2D eigenvalue weighted by Gasteiger charge is -2.06. The van der Waals surface area contributed by atoms with Crippen LogP contribution in [0.3, 0.4) is 0 Å². The number of hydrogen-bond acceptors (Lipinski definition) is 2. The van der Waals surface area contributed by atoms with Crippen LogP contribution in [-0.4, -0.2) is 5.91 Å². The lowest BCUT2D eigenvalue weighted by atomic mass is 10.0. The van der Waals surface area contributed by atoms with Crippen LogP contribution in [0.5, 0.6) is 0 Å². The van der Waals surface area contributed by atoms with Crippen molar-refractivity contribution in [3.05, 3.63) is 59.4 Å². The maximum absolute atomic E-state index is 13.7. The number of hydrogen-bond donors (Lipinski definition) is 2. The van der Waals surface area contributed by atoms with Crippen molar-refractivity contribution in [1.82, 2.24) is 0 Å². The molecule has 0 aliphatic carbocycles. The van der Waals surface area contributed by atoms with Crippen LogP contribution in [0.1, 0.15) is 15.9 Å². The zero-order chi connectivity index (χ0) is 13.1. The van der Waals surface area contributed by atoms with Crippen LogP contribution in [0, 0.1) is 5.82 Å². The molecule has 0 saturated heterocycles. The van der Waals surface area contributed by atoms with Gasteiger partial charge in [-0.05, 0) is 35.4 Å². The molecular weight excluding hydrogens is 231 g/mol. The van der Waals surface area contributed by atoms with E-state index in [9.17, 15) is 9.18 Å². The molecule has 0 spiro atoms. The van der Waals surface area contributed by atoms with Crippen LogP contribution in [0.2, 0.25) is 0 Å². The zero-order valence-corrected chi connectivity index (χ0v) is 9.69. The monoisotopic (exact) mass is 244 g/mol. The summed E-state index contributed by atoms with van der Waals surface area (Å²) in [7, 11) is 0. The third-order valence-corrected chi connectivity index (χ3v) is 2.75. The number of carbonyl (C=O) groups excluding carboxylic acids is 1. The molecule has 0 radical (unpaired) electrons. The Bertz CT molecular complexity index is 579. The molecule has 0 saturated carbocycles. The van der Waals surface area contributed by atoms with Crippen molar-refractivity contribution in [3.8, 4) is 11.1 Å². The van der Waals surface area contributed by atoms with E-state index in [1.165, 1.54) is 6.07 Å². The van der Waals surface area contributed by atoms with Gasteiger partial charge < -0.3 is 11.5 Å². The smallest absolute Gasteiger partial charge is 0.248 e. The van der Waals surface area contributed by atoms with Gasteiger partial charge in [-0.3, -0.25) is 4.79 Å². The highest BCUT2D eigenvalue weighted by atomic mass is 19.1. The summed E-state index contributed by atoms with van der Waals surface area (Å²) in [5.74, 6) is -0.822. The molecule has 1 amide bonds. The highest BCUT2D eigenvalue weighted by Crippen LogP contribution is 2.24. The first kappa shape index (κ1) is 12.3.